The molecule has 2 N–H and O–H groups in total. The highest BCUT2D eigenvalue weighted by Crippen LogP contribution is 2.31. The molecule has 0 saturated heterocycles. The van der Waals surface area contributed by atoms with Crippen molar-refractivity contribution in [3.8, 4) is 0 Å². The predicted molar refractivity (Wildman–Crippen MR) is 113 cm³/mol. The molecule has 3 aromatic heterocycles. The summed E-state index contributed by atoms with van der Waals surface area (Å²) in [5.74, 6) is -0.361. The molecule has 1 amide bonds. The molecule has 4 rings (SSSR count). The Kier molecular flexibility index (Phi) is 5.67. The summed E-state index contributed by atoms with van der Waals surface area (Å²) in [7, 11) is 0. The van der Waals surface area contributed by atoms with Gasteiger partial charge in [-0.15, -0.1) is 0 Å². The first-order chi connectivity index (χ1) is 14.7. The number of imidazole rings is 1. The molecule has 0 saturated carbocycles. The average Bonchev–Trinajstić information content (AvgIpc) is 3.34. The maximum atomic E-state index is 12.7. The third kappa shape index (κ3) is 4.69. The third-order valence-electron chi connectivity index (χ3n) is 4.34. The summed E-state index contributed by atoms with van der Waals surface area (Å²) in [4.78, 5) is 25.8. The zero-order chi connectivity index (χ0) is 22.2. The summed E-state index contributed by atoms with van der Waals surface area (Å²) in [6, 6.07) is 4.33. The van der Waals surface area contributed by atoms with E-state index in [9.17, 15) is 18.0 Å². The molecule has 12 heteroatoms. The van der Waals surface area contributed by atoms with Crippen LogP contribution in [-0.4, -0.2) is 25.3 Å². The molecular formula is C19H14BrF3N6OS. The number of fused-ring (bicyclic) bond motifs is 1. The number of rotatable bonds is 5. The molecule has 1 aromatic carbocycles. The van der Waals surface area contributed by atoms with E-state index in [2.05, 4.69) is 41.5 Å². The highest BCUT2D eigenvalue weighted by molar-refractivity contribution is 9.10. The Hall–Kier alpha value is -2.99. The number of benzene rings is 1. The average molecular weight is 511 g/mol. The zero-order valence-corrected chi connectivity index (χ0v) is 18.2. The fraction of sp³-hybridized carbons (Fsp3) is 0.158. The summed E-state index contributed by atoms with van der Waals surface area (Å²) in [5, 5.41) is 6.32. The van der Waals surface area contributed by atoms with Crippen molar-refractivity contribution in [2.75, 3.05) is 5.32 Å². The van der Waals surface area contributed by atoms with E-state index in [1.165, 1.54) is 29.7 Å². The second-order valence-corrected chi connectivity index (χ2v) is 8.42. The topological polar surface area (TPSA) is 84.2 Å². The molecule has 4 aromatic rings. The molecule has 0 aliphatic rings. The van der Waals surface area contributed by atoms with Gasteiger partial charge in [-0.2, -0.15) is 13.2 Å². The number of carbonyl (C=O) groups excluding carboxylic acids is 1. The van der Waals surface area contributed by atoms with Gasteiger partial charge in [0.15, 0.2) is 10.8 Å². The highest BCUT2D eigenvalue weighted by Gasteiger charge is 2.30. The molecule has 1 atom stereocenters. The molecule has 31 heavy (non-hydrogen) atoms. The predicted octanol–water partition coefficient (Wildman–Crippen LogP) is 5.20. The van der Waals surface area contributed by atoms with Crippen LogP contribution < -0.4 is 10.6 Å². The number of thiazole rings is 1. The minimum atomic E-state index is -4.38. The molecule has 0 spiro atoms. The number of nitrogens with one attached hydrogen (secondary N) is 2. The Balaban J connectivity index is 1.42. The Labute approximate surface area is 186 Å². The second kappa shape index (κ2) is 8.27. The molecule has 7 nitrogen and oxygen atoms in total. The van der Waals surface area contributed by atoms with Crippen molar-refractivity contribution < 1.29 is 18.0 Å². The summed E-state index contributed by atoms with van der Waals surface area (Å²) in [5.41, 5.74) is 0.598. The largest absolute Gasteiger partial charge is 0.416 e. The molecule has 160 valence electrons. The van der Waals surface area contributed by atoms with Crippen LogP contribution in [0.3, 0.4) is 0 Å². The molecule has 0 bridgehead atoms. The van der Waals surface area contributed by atoms with Crippen molar-refractivity contribution in [1.82, 2.24) is 24.7 Å². The van der Waals surface area contributed by atoms with E-state index in [4.69, 9.17) is 0 Å². The number of hydrogen-bond donors (Lipinski definition) is 2. The molecule has 0 unspecified atom stereocenters. The lowest BCUT2D eigenvalue weighted by Crippen LogP contribution is -2.27. The first kappa shape index (κ1) is 21.2. The SMILES string of the molecule is C[C@@H](NC(=O)c1cn2c(Br)cnc2cn1)c1cnc(Nc2ccc(C(F)(F)F)cc2)s1. The fourth-order valence-electron chi connectivity index (χ4n) is 2.73. The van der Waals surface area contributed by atoms with Crippen molar-refractivity contribution in [1.29, 1.82) is 0 Å². The third-order valence-corrected chi connectivity index (χ3v) is 6.03. The fourth-order valence-corrected chi connectivity index (χ4v) is 3.95. The molecule has 0 aliphatic carbocycles. The molecule has 3 heterocycles. The van der Waals surface area contributed by atoms with Gasteiger partial charge in [0.2, 0.25) is 0 Å². The van der Waals surface area contributed by atoms with Crippen LogP contribution in [0.5, 0.6) is 0 Å². The second-order valence-electron chi connectivity index (χ2n) is 6.54. The van der Waals surface area contributed by atoms with Crippen LogP contribution in [0.25, 0.3) is 5.65 Å². The van der Waals surface area contributed by atoms with E-state index in [0.29, 0.717) is 21.1 Å². The Morgan fingerprint density at radius 1 is 1.13 bits per heavy atom. The Bertz CT molecular complexity index is 1240. The Morgan fingerprint density at radius 2 is 1.87 bits per heavy atom. The van der Waals surface area contributed by atoms with Gasteiger partial charge in [-0.25, -0.2) is 15.0 Å². The number of aromatic nitrogens is 4. The Morgan fingerprint density at radius 3 is 2.58 bits per heavy atom. The molecule has 0 radical (unpaired) electrons. The quantitative estimate of drug-likeness (QED) is 0.385. The summed E-state index contributed by atoms with van der Waals surface area (Å²) < 4.78 is 40.4. The number of nitrogens with zero attached hydrogens (tertiary/aromatic N) is 4. The normalized spacial score (nSPS) is 12.7. The number of amides is 1. The standard InChI is InChI=1S/C19H14BrF3N6OS/c1-10(27-17(30)13-9-29-15(20)7-25-16(29)8-24-13)14-6-26-18(31-14)28-12-4-2-11(3-5-12)19(21,22)23/h2-10H,1H3,(H,26,28)(H,27,30)/t10-/m1/s1. The van der Waals surface area contributed by atoms with E-state index in [-0.39, 0.29) is 17.6 Å². The zero-order valence-electron chi connectivity index (χ0n) is 15.8. The van der Waals surface area contributed by atoms with Gasteiger partial charge in [0.05, 0.1) is 24.0 Å². The van der Waals surface area contributed by atoms with Crippen molar-refractivity contribution in [3.63, 3.8) is 0 Å². The van der Waals surface area contributed by atoms with Crippen molar-refractivity contribution in [3.05, 3.63) is 69.8 Å². The van der Waals surface area contributed by atoms with Gasteiger partial charge in [0, 0.05) is 23.0 Å². The van der Waals surface area contributed by atoms with Crippen LogP contribution >= 0.6 is 27.3 Å². The molecule has 0 fully saturated rings. The van der Waals surface area contributed by atoms with E-state index >= 15 is 0 Å². The molecular weight excluding hydrogens is 497 g/mol. The lowest BCUT2D eigenvalue weighted by Gasteiger charge is -2.11. The van der Waals surface area contributed by atoms with Gasteiger partial charge in [0.1, 0.15) is 10.3 Å². The summed E-state index contributed by atoms with van der Waals surface area (Å²) >= 11 is 4.64. The number of halogens is 4. The summed E-state index contributed by atoms with van der Waals surface area (Å²) in [6.45, 7) is 1.80. The van der Waals surface area contributed by atoms with E-state index in [0.717, 1.165) is 17.0 Å². The summed E-state index contributed by atoms with van der Waals surface area (Å²) in [6.07, 6.45) is 1.92. The maximum Gasteiger partial charge on any atom is 0.416 e. The van der Waals surface area contributed by atoms with Crippen molar-refractivity contribution >= 4 is 49.6 Å². The minimum absolute atomic E-state index is 0.227. The van der Waals surface area contributed by atoms with Crippen LogP contribution in [-0.2, 0) is 6.18 Å². The van der Waals surface area contributed by atoms with Crippen LogP contribution in [0.1, 0.15) is 33.9 Å². The van der Waals surface area contributed by atoms with E-state index in [1.54, 1.807) is 29.9 Å². The van der Waals surface area contributed by atoms with Gasteiger partial charge in [-0.1, -0.05) is 11.3 Å². The van der Waals surface area contributed by atoms with E-state index in [1.807, 2.05) is 0 Å². The first-order valence-electron chi connectivity index (χ1n) is 8.90. The lowest BCUT2D eigenvalue weighted by molar-refractivity contribution is -0.137. The minimum Gasteiger partial charge on any atom is -0.343 e. The van der Waals surface area contributed by atoms with Gasteiger partial charge < -0.3 is 10.6 Å². The maximum absolute atomic E-state index is 12.7. The van der Waals surface area contributed by atoms with Gasteiger partial charge in [-0.3, -0.25) is 9.20 Å². The van der Waals surface area contributed by atoms with E-state index < -0.39 is 11.7 Å². The van der Waals surface area contributed by atoms with Crippen LogP contribution in [0, 0.1) is 0 Å². The number of anilines is 2. The lowest BCUT2D eigenvalue weighted by atomic mass is 10.2. The van der Waals surface area contributed by atoms with Gasteiger partial charge in [0.25, 0.3) is 5.91 Å². The first-order valence-corrected chi connectivity index (χ1v) is 10.5. The van der Waals surface area contributed by atoms with Gasteiger partial charge in [-0.05, 0) is 47.1 Å². The monoisotopic (exact) mass is 510 g/mol. The van der Waals surface area contributed by atoms with Crippen LogP contribution in [0.2, 0.25) is 0 Å². The highest BCUT2D eigenvalue weighted by atomic mass is 79.9. The van der Waals surface area contributed by atoms with Gasteiger partial charge >= 0.3 is 6.18 Å². The van der Waals surface area contributed by atoms with Crippen molar-refractivity contribution in [2.24, 2.45) is 0 Å². The van der Waals surface area contributed by atoms with Crippen LogP contribution in [0.15, 0.2) is 53.7 Å². The smallest absolute Gasteiger partial charge is 0.343 e. The molecule has 0 aliphatic heterocycles. The van der Waals surface area contributed by atoms with Crippen LogP contribution in [0.4, 0.5) is 24.0 Å². The number of hydrogen-bond acceptors (Lipinski definition) is 6. The number of alkyl halides is 3. The van der Waals surface area contributed by atoms with Crippen molar-refractivity contribution in [2.45, 2.75) is 19.1 Å². The number of carbonyl (C=O) groups is 1.